The van der Waals surface area contributed by atoms with Gasteiger partial charge in [-0.25, -0.2) is 0 Å². The predicted octanol–water partition coefficient (Wildman–Crippen LogP) is 1.90. The number of hydrogen-bond acceptors (Lipinski definition) is 3. The largest absolute Gasteiger partial charge is 0.316 e. The van der Waals surface area contributed by atoms with Crippen LogP contribution in [0.4, 0.5) is 0 Å². The molecule has 0 spiro atoms. The maximum atomic E-state index is 4.44. The van der Waals surface area contributed by atoms with Crippen molar-refractivity contribution in [2.45, 2.75) is 31.8 Å². The molecule has 1 aromatic heterocycles. The Kier molecular flexibility index (Phi) is 3.62. The quantitative estimate of drug-likeness (QED) is 0.881. The van der Waals surface area contributed by atoms with E-state index in [9.17, 15) is 0 Å². The van der Waals surface area contributed by atoms with Crippen LogP contribution in [-0.4, -0.2) is 36.1 Å². The van der Waals surface area contributed by atoms with Gasteiger partial charge in [0.15, 0.2) is 0 Å². The van der Waals surface area contributed by atoms with Crippen LogP contribution in [0.25, 0.3) is 0 Å². The number of nitrogens with one attached hydrogen (secondary N) is 1. The minimum Gasteiger partial charge on any atom is -0.316 e. The lowest BCUT2D eigenvalue weighted by Crippen LogP contribution is -2.43. The van der Waals surface area contributed by atoms with E-state index in [0.29, 0.717) is 0 Å². The Morgan fingerprint density at radius 1 is 1.33 bits per heavy atom. The van der Waals surface area contributed by atoms with E-state index in [2.05, 4.69) is 34.4 Å². The molecule has 0 bridgehead atoms. The van der Waals surface area contributed by atoms with Gasteiger partial charge in [0, 0.05) is 18.8 Å². The van der Waals surface area contributed by atoms with Crippen molar-refractivity contribution in [2.75, 3.05) is 20.1 Å². The monoisotopic (exact) mass is 245 g/mol. The highest BCUT2D eigenvalue weighted by atomic mass is 15.2. The van der Waals surface area contributed by atoms with Crippen molar-refractivity contribution in [3.8, 4) is 0 Å². The number of aromatic nitrogens is 1. The van der Waals surface area contributed by atoms with Crippen LogP contribution >= 0.6 is 0 Å². The molecule has 1 saturated carbocycles. The van der Waals surface area contributed by atoms with Gasteiger partial charge >= 0.3 is 0 Å². The average Bonchev–Trinajstić information content (AvgIpc) is 2.87. The van der Waals surface area contributed by atoms with Crippen molar-refractivity contribution >= 4 is 0 Å². The lowest BCUT2D eigenvalue weighted by molar-refractivity contribution is 0.105. The van der Waals surface area contributed by atoms with E-state index in [1.807, 2.05) is 12.3 Å². The molecule has 0 aromatic carbocycles. The van der Waals surface area contributed by atoms with Crippen molar-refractivity contribution in [1.82, 2.24) is 15.2 Å². The smallest absolute Gasteiger partial charge is 0.0543 e. The number of hydrogen-bond donors (Lipinski definition) is 1. The molecular weight excluding hydrogens is 222 g/mol. The molecule has 2 aliphatic rings. The summed E-state index contributed by atoms with van der Waals surface area (Å²) in [6.07, 6.45) is 6.06. The second-order valence-electron chi connectivity index (χ2n) is 5.82. The van der Waals surface area contributed by atoms with Gasteiger partial charge in [-0.2, -0.15) is 0 Å². The van der Waals surface area contributed by atoms with Crippen LogP contribution in [0.2, 0.25) is 0 Å². The Morgan fingerprint density at radius 3 is 3.11 bits per heavy atom. The molecule has 3 atom stereocenters. The molecule has 2 fully saturated rings. The van der Waals surface area contributed by atoms with Crippen molar-refractivity contribution < 1.29 is 0 Å². The number of nitrogens with zero attached hydrogens (tertiary/aromatic N) is 2. The zero-order chi connectivity index (χ0) is 12.4. The van der Waals surface area contributed by atoms with Crippen molar-refractivity contribution in [1.29, 1.82) is 0 Å². The summed E-state index contributed by atoms with van der Waals surface area (Å²) in [4.78, 5) is 6.96. The average molecular weight is 245 g/mol. The standard InChI is InChI=1S/C15H23N3/c1-18(11-13-6-2-3-8-17-13)15-7-4-5-12-9-16-10-14(12)15/h2-3,6,8,12,14-16H,4-5,7,9-11H2,1H3/t12-,14+,15+/m0/s1. The molecule has 1 saturated heterocycles. The van der Waals surface area contributed by atoms with E-state index in [0.717, 1.165) is 24.4 Å². The Morgan fingerprint density at radius 2 is 2.28 bits per heavy atom. The van der Waals surface area contributed by atoms with Gasteiger partial charge in [0.2, 0.25) is 0 Å². The van der Waals surface area contributed by atoms with Gasteiger partial charge in [-0.1, -0.05) is 12.5 Å². The topological polar surface area (TPSA) is 28.2 Å². The van der Waals surface area contributed by atoms with Gasteiger partial charge in [-0.3, -0.25) is 9.88 Å². The van der Waals surface area contributed by atoms with Crippen LogP contribution in [0.1, 0.15) is 25.0 Å². The van der Waals surface area contributed by atoms with Gasteiger partial charge < -0.3 is 5.32 Å². The normalized spacial score (nSPS) is 31.6. The highest BCUT2D eigenvalue weighted by Crippen LogP contribution is 2.35. The SMILES string of the molecule is CN(Cc1ccccn1)[C@@H]1CCC[C@H]2CNC[C@H]21. The Bertz CT molecular complexity index is 379. The first-order valence-corrected chi connectivity index (χ1v) is 7.15. The molecule has 0 unspecified atom stereocenters. The summed E-state index contributed by atoms with van der Waals surface area (Å²) in [5, 5.41) is 3.57. The first-order chi connectivity index (χ1) is 8.84. The van der Waals surface area contributed by atoms with E-state index >= 15 is 0 Å². The first kappa shape index (κ1) is 12.1. The number of rotatable bonds is 3. The summed E-state index contributed by atoms with van der Waals surface area (Å²) in [7, 11) is 2.26. The van der Waals surface area contributed by atoms with E-state index in [1.165, 1.54) is 38.0 Å². The fraction of sp³-hybridized carbons (Fsp3) is 0.667. The third-order valence-corrected chi connectivity index (χ3v) is 4.66. The van der Waals surface area contributed by atoms with Gasteiger partial charge in [0.25, 0.3) is 0 Å². The van der Waals surface area contributed by atoms with Crippen LogP contribution in [-0.2, 0) is 6.54 Å². The molecule has 0 radical (unpaired) electrons. The van der Waals surface area contributed by atoms with Crippen LogP contribution in [0.15, 0.2) is 24.4 Å². The summed E-state index contributed by atoms with van der Waals surface area (Å²) >= 11 is 0. The third-order valence-electron chi connectivity index (χ3n) is 4.66. The first-order valence-electron chi connectivity index (χ1n) is 7.15. The fourth-order valence-electron chi connectivity index (χ4n) is 3.73. The summed E-state index contributed by atoms with van der Waals surface area (Å²) in [5.74, 6) is 1.77. The zero-order valence-electron chi connectivity index (χ0n) is 11.2. The molecule has 3 rings (SSSR count). The highest BCUT2D eigenvalue weighted by molar-refractivity contribution is 5.04. The molecule has 2 heterocycles. The maximum Gasteiger partial charge on any atom is 0.0543 e. The molecular formula is C15H23N3. The Balaban J connectivity index is 1.66. The molecule has 1 N–H and O–H groups in total. The summed E-state index contributed by atoms with van der Waals surface area (Å²) in [6.45, 7) is 3.43. The van der Waals surface area contributed by atoms with Crippen molar-refractivity contribution in [2.24, 2.45) is 11.8 Å². The summed E-state index contributed by atoms with van der Waals surface area (Å²) < 4.78 is 0. The lowest BCUT2D eigenvalue weighted by Gasteiger charge is -2.39. The predicted molar refractivity (Wildman–Crippen MR) is 73.2 cm³/mol. The van der Waals surface area contributed by atoms with Crippen molar-refractivity contribution in [3.63, 3.8) is 0 Å². The second-order valence-corrected chi connectivity index (χ2v) is 5.82. The molecule has 18 heavy (non-hydrogen) atoms. The summed E-state index contributed by atoms with van der Waals surface area (Å²) in [6, 6.07) is 6.93. The molecule has 1 aromatic rings. The Hall–Kier alpha value is -0.930. The van der Waals surface area contributed by atoms with E-state index in [4.69, 9.17) is 0 Å². The minimum absolute atomic E-state index is 0.737. The van der Waals surface area contributed by atoms with Gasteiger partial charge in [-0.05, 0) is 56.9 Å². The van der Waals surface area contributed by atoms with Gasteiger partial charge in [0.05, 0.1) is 5.69 Å². The molecule has 98 valence electrons. The van der Waals surface area contributed by atoms with Crippen LogP contribution in [0, 0.1) is 11.8 Å². The lowest BCUT2D eigenvalue weighted by atomic mass is 9.77. The van der Waals surface area contributed by atoms with E-state index < -0.39 is 0 Å². The van der Waals surface area contributed by atoms with Gasteiger partial charge in [-0.15, -0.1) is 0 Å². The van der Waals surface area contributed by atoms with Crippen LogP contribution in [0.5, 0.6) is 0 Å². The van der Waals surface area contributed by atoms with Crippen LogP contribution in [0.3, 0.4) is 0 Å². The third kappa shape index (κ3) is 2.43. The van der Waals surface area contributed by atoms with E-state index in [1.54, 1.807) is 0 Å². The second kappa shape index (κ2) is 5.37. The molecule has 3 nitrogen and oxygen atoms in total. The molecule has 1 aliphatic heterocycles. The molecule has 1 aliphatic carbocycles. The minimum atomic E-state index is 0.737. The summed E-state index contributed by atoms with van der Waals surface area (Å²) in [5.41, 5.74) is 1.19. The highest BCUT2D eigenvalue weighted by Gasteiger charge is 2.38. The van der Waals surface area contributed by atoms with Crippen LogP contribution < -0.4 is 5.32 Å². The maximum absolute atomic E-state index is 4.44. The van der Waals surface area contributed by atoms with Gasteiger partial charge in [0.1, 0.15) is 0 Å². The molecule has 3 heteroatoms. The zero-order valence-corrected chi connectivity index (χ0v) is 11.2. The van der Waals surface area contributed by atoms with E-state index in [-0.39, 0.29) is 0 Å². The fourth-order valence-corrected chi connectivity index (χ4v) is 3.73. The molecule has 0 amide bonds. The van der Waals surface area contributed by atoms with Crippen molar-refractivity contribution in [3.05, 3.63) is 30.1 Å². The number of pyridine rings is 1. The Labute approximate surface area is 110 Å². The number of fused-ring (bicyclic) bond motifs is 1.